The van der Waals surface area contributed by atoms with Crippen molar-refractivity contribution < 1.29 is 4.79 Å². The van der Waals surface area contributed by atoms with E-state index in [4.69, 9.17) is 0 Å². The highest BCUT2D eigenvalue weighted by Crippen LogP contribution is 2.19. The molecule has 2 aromatic rings. The van der Waals surface area contributed by atoms with Crippen LogP contribution in [-0.2, 0) is 17.9 Å². The van der Waals surface area contributed by atoms with Gasteiger partial charge in [-0.05, 0) is 35.3 Å². The molecular weight excluding hydrogens is 318 g/mol. The number of hydrogen-bond donors (Lipinski definition) is 1. The summed E-state index contributed by atoms with van der Waals surface area (Å²) in [4.78, 5) is 11.8. The molecule has 1 heterocycles. The van der Waals surface area contributed by atoms with Crippen LogP contribution in [0.5, 0.6) is 0 Å². The summed E-state index contributed by atoms with van der Waals surface area (Å²) in [5.41, 5.74) is 3.11. The largest absolute Gasteiger partial charge is 0.352 e. The Labute approximate surface area is 127 Å². The normalized spacial score (nSPS) is 10.6. The van der Waals surface area contributed by atoms with Crippen molar-refractivity contribution in [2.24, 2.45) is 0 Å². The second-order valence-electron chi connectivity index (χ2n) is 4.72. The third-order valence-electron chi connectivity index (χ3n) is 3.18. The molecule has 0 saturated heterocycles. The van der Waals surface area contributed by atoms with Gasteiger partial charge in [0.05, 0.1) is 16.7 Å². The van der Waals surface area contributed by atoms with E-state index in [1.54, 1.807) is 0 Å². The van der Waals surface area contributed by atoms with E-state index in [0.717, 1.165) is 21.4 Å². The van der Waals surface area contributed by atoms with Gasteiger partial charge in [-0.2, -0.15) is 5.10 Å². The van der Waals surface area contributed by atoms with Gasteiger partial charge in [-0.1, -0.05) is 30.3 Å². The molecule has 0 aliphatic heterocycles. The topological polar surface area (TPSA) is 46.9 Å². The van der Waals surface area contributed by atoms with Crippen LogP contribution in [0, 0.1) is 13.8 Å². The van der Waals surface area contributed by atoms with Gasteiger partial charge in [0.15, 0.2) is 0 Å². The molecule has 0 atom stereocenters. The summed E-state index contributed by atoms with van der Waals surface area (Å²) < 4.78 is 2.88. The maximum Gasteiger partial charge on any atom is 0.222 e. The number of nitrogens with one attached hydrogen (secondary N) is 1. The van der Waals surface area contributed by atoms with Gasteiger partial charge < -0.3 is 5.32 Å². The van der Waals surface area contributed by atoms with Crippen LogP contribution in [-0.4, -0.2) is 15.7 Å². The number of carbonyl (C=O) groups excluding carboxylic acids is 1. The predicted molar refractivity (Wildman–Crippen MR) is 82.3 cm³/mol. The summed E-state index contributed by atoms with van der Waals surface area (Å²) >= 11 is 3.48. The number of rotatable bonds is 5. The molecule has 1 N–H and O–H groups in total. The Balaban J connectivity index is 1.82. The van der Waals surface area contributed by atoms with E-state index in [1.807, 2.05) is 48.9 Å². The van der Waals surface area contributed by atoms with Gasteiger partial charge in [0.25, 0.3) is 0 Å². The molecule has 0 bridgehead atoms. The van der Waals surface area contributed by atoms with Crippen molar-refractivity contribution in [2.45, 2.75) is 33.4 Å². The SMILES string of the molecule is Cc1nn(CCC(=O)NCc2ccccc2)c(C)c1Br. The molecule has 2 rings (SSSR count). The predicted octanol–water partition coefficient (Wildman–Crippen LogP) is 2.97. The van der Waals surface area contributed by atoms with E-state index in [0.29, 0.717) is 19.5 Å². The molecule has 20 heavy (non-hydrogen) atoms. The van der Waals surface area contributed by atoms with Crippen LogP contribution in [0.3, 0.4) is 0 Å². The van der Waals surface area contributed by atoms with Crippen molar-refractivity contribution in [3.63, 3.8) is 0 Å². The van der Waals surface area contributed by atoms with Gasteiger partial charge in [0.1, 0.15) is 0 Å². The van der Waals surface area contributed by atoms with Crippen LogP contribution in [0.1, 0.15) is 23.4 Å². The fraction of sp³-hybridized carbons (Fsp3) is 0.333. The molecule has 5 heteroatoms. The zero-order chi connectivity index (χ0) is 14.5. The van der Waals surface area contributed by atoms with Crippen molar-refractivity contribution in [1.82, 2.24) is 15.1 Å². The Bertz CT molecular complexity index is 593. The molecule has 0 saturated carbocycles. The Kier molecular flexibility index (Phi) is 4.95. The van der Waals surface area contributed by atoms with Crippen LogP contribution in [0.2, 0.25) is 0 Å². The average molecular weight is 336 g/mol. The van der Waals surface area contributed by atoms with Gasteiger partial charge in [-0.15, -0.1) is 0 Å². The van der Waals surface area contributed by atoms with Crippen molar-refractivity contribution >= 4 is 21.8 Å². The lowest BCUT2D eigenvalue weighted by molar-refractivity contribution is -0.121. The summed E-state index contributed by atoms with van der Waals surface area (Å²) in [6.45, 7) is 5.11. The van der Waals surface area contributed by atoms with Gasteiger partial charge in [0.2, 0.25) is 5.91 Å². The average Bonchev–Trinajstić information content (AvgIpc) is 2.71. The molecule has 0 fully saturated rings. The second-order valence-corrected chi connectivity index (χ2v) is 5.51. The van der Waals surface area contributed by atoms with Gasteiger partial charge in [0, 0.05) is 18.7 Å². The van der Waals surface area contributed by atoms with Crippen LogP contribution >= 0.6 is 15.9 Å². The highest BCUT2D eigenvalue weighted by atomic mass is 79.9. The van der Waals surface area contributed by atoms with E-state index in [-0.39, 0.29) is 5.91 Å². The highest BCUT2D eigenvalue weighted by molar-refractivity contribution is 9.10. The first-order valence-electron chi connectivity index (χ1n) is 6.58. The van der Waals surface area contributed by atoms with E-state index in [2.05, 4.69) is 26.3 Å². The molecule has 1 amide bonds. The molecule has 106 valence electrons. The Morgan fingerprint density at radius 1 is 1.30 bits per heavy atom. The smallest absolute Gasteiger partial charge is 0.222 e. The lowest BCUT2D eigenvalue weighted by Gasteiger charge is -2.06. The minimum absolute atomic E-state index is 0.0394. The van der Waals surface area contributed by atoms with Gasteiger partial charge in [-0.3, -0.25) is 9.48 Å². The summed E-state index contributed by atoms with van der Waals surface area (Å²) in [6.07, 6.45) is 0.432. The van der Waals surface area contributed by atoms with Crippen molar-refractivity contribution in [3.05, 3.63) is 51.8 Å². The van der Waals surface area contributed by atoms with E-state index in [1.165, 1.54) is 0 Å². The first-order chi connectivity index (χ1) is 9.58. The molecule has 0 radical (unpaired) electrons. The number of hydrogen-bond acceptors (Lipinski definition) is 2. The fourth-order valence-corrected chi connectivity index (χ4v) is 2.27. The molecule has 1 aromatic carbocycles. The fourth-order valence-electron chi connectivity index (χ4n) is 1.99. The van der Waals surface area contributed by atoms with Crippen LogP contribution in [0.25, 0.3) is 0 Å². The van der Waals surface area contributed by atoms with E-state index < -0.39 is 0 Å². The summed E-state index contributed by atoms with van der Waals surface area (Å²) in [5.74, 6) is 0.0394. The minimum Gasteiger partial charge on any atom is -0.352 e. The number of aromatic nitrogens is 2. The maximum atomic E-state index is 11.8. The number of nitrogens with zero attached hydrogens (tertiary/aromatic N) is 2. The van der Waals surface area contributed by atoms with Gasteiger partial charge in [-0.25, -0.2) is 0 Å². The number of carbonyl (C=O) groups is 1. The molecule has 0 aliphatic rings. The summed E-state index contributed by atoms with van der Waals surface area (Å²) in [7, 11) is 0. The van der Waals surface area contributed by atoms with E-state index >= 15 is 0 Å². The highest BCUT2D eigenvalue weighted by Gasteiger charge is 2.09. The quantitative estimate of drug-likeness (QED) is 0.913. The lowest BCUT2D eigenvalue weighted by atomic mass is 10.2. The third kappa shape index (κ3) is 3.70. The number of aryl methyl sites for hydroxylation is 2. The van der Waals surface area contributed by atoms with Crippen LogP contribution in [0.15, 0.2) is 34.8 Å². The van der Waals surface area contributed by atoms with Crippen LogP contribution in [0.4, 0.5) is 0 Å². The first-order valence-corrected chi connectivity index (χ1v) is 7.37. The standard InChI is InChI=1S/C15H18BrN3O/c1-11-15(16)12(2)19(18-11)9-8-14(20)17-10-13-6-4-3-5-7-13/h3-7H,8-10H2,1-2H3,(H,17,20). The molecule has 0 aliphatic carbocycles. The number of amides is 1. The lowest BCUT2D eigenvalue weighted by Crippen LogP contribution is -2.24. The monoisotopic (exact) mass is 335 g/mol. The van der Waals surface area contributed by atoms with Crippen molar-refractivity contribution in [2.75, 3.05) is 0 Å². The van der Waals surface area contributed by atoms with Crippen molar-refractivity contribution in [1.29, 1.82) is 0 Å². The summed E-state index contributed by atoms with van der Waals surface area (Å²) in [5, 5.41) is 7.31. The molecule has 0 spiro atoms. The maximum absolute atomic E-state index is 11.8. The third-order valence-corrected chi connectivity index (χ3v) is 4.32. The second kappa shape index (κ2) is 6.70. The zero-order valence-corrected chi connectivity index (χ0v) is 13.3. The van der Waals surface area contributed by atoms with Gasteiger partial charge >= 0.3 is 0 Å². The minimum atomic E-state index is 0.0394. The van der Waals surface area contributed by atoms with E-state index in [9.17, 15) is 4.79 Å². The zero-order valence-electron chi connectivity index (χ0n) is 11.7. The number of benzene rings is 1. The first kappa shape index (κ1) is 14.8. The molecule has 1 aromatic heterocycles. The Hall–Kier alpha value is -1.62. The summed E-state index contributed by atoms with van der Waals surface area (Å²) in [6, 6.07) is 9.90. The Morgan fingerprint density at radius 3 is 2.60 bits per heavy atom. The van der Waals surface area contributed by atoms with Crippen LogP contribution < -0.4 is 5.32 Å². The molecular formula is C15H18BrN3O. The number of halogens is 1. The van der Waals surface area contributed by atoms with Crippen molar-refractivity contribution in [3.8, 4) is 0 Å². The Morgan fingerprint density at radius 2 is 2.00 bits per heavy atom. The molecule has 4 nitrogen and oxygen atoms in total. The molecule has 0 unspecified atom stereocenters.